The zero-order valence-electron chi connectivity index (χ0n) is 1.70. The molecule has 0 saturated carbocycles. The van der Waals surface area contributed by atoms with E-state index in [9.17, 15) is 0 Å². The van der Waals surface area contributed by atoms with Gasteiger partial charge >= 0.3 is 0 Å². The average Bonchev–Trinajstić information content (AvgIpc) is 0. The van der Waals surface area contributed by atoms with Gasteiger partial charge in [-0.1, -0.05) is 0 Å². The third kappa shape index (κ3) is 8.90. The van der Waals surface area contributed by atoms with Gasteiger partial charge in [0.05, 0.1) is 0 Å². The third-order valence-corrected chi connectivity index (χ3v) is 0. The minimum atomic E-state index is 0. The molecule has 0 saturated heterocycles. The normalized spacial score (nSPS) is 0. The van der Waals surface area contributed by atoms with Gasteiger partial charge < -0.3 is 0 Å². The molecule has 0 bridgehead atoms. The van der Waals surface area contributed by atoms with E-state index in [1.54, 1.807) is 0 Å². The standard InChI is InChI=1S/Co.Cu.Fe.Zn. The Balaban J connectivity index is 0. The van der Waals surface area contributed by atoms with Crippen LogP contribution in [0.3, 0.4) is 0 Å². The molecule has 30 valence electrons. The van der Waals surface area contributed by atoms with Crippen molar-refractivity contribution in [1.82, 2.24) is 0 Å². The van der Waals surface area contributed by atoms with Gasteiger partial charge in [0.15, 0.2) is 0 Å². The molecule has 0 aliphatic rings. The van der Waals surface area contributed by atoms with E-state index in [1.165, 1.54) is 0 Å². The monoisotopic (exact) mass is 242 g/mol. The predicted octanol–water partition coefficient (Wildman–Crippen LogP) is -0.0100. The van der Waals surface area contributed by atoms with Crippen molar-refractivity contribution in [3.05, 3.63) is 0 Å². The second kappa shape index (κ2) is 19.1. The van der Waals surface area contributed by atoms with E-state index in [2.05, 4.69) is 0 Å². The van der Waals surface area contributed by atoms with Crippen LogP contribution < -0.4 is 0 Å². The molecular weight excluding hydrogens is 244 g/mol. The van der Waals surface area contributed by atoms with E-state index in [-0.39, 0.29) is 70.4 Å². The molecule has 0 aromatic heterocycles. The summed E-state index contributed by atoms with van der Waals surface area (Å²) in [6, 6.07) is 0. The smallest absolute Gasteiger partial charge is 0 e. The summed E-state index contributed by atoms with van der Waals surface area (Å²) in [5.41, 5.74) is 0. The first-order valence-electron chi connectivity index (χ1n) is 0. The van der Waals surface area contributed by atoms with Gasteiger partial charge in [-0.05, 0) is 0 Å². The molecule has 0 unspecified atom stereocenters. The Bertz CT molecular complexity index is 8.00. The van der Waals surface area contributed by atoms with Gasteiger partial charge in [-0.25, -0.2) is 0 Å². The Labute approximate surface area is 69.8 Å². The molecule has 0 aromatic carbocycles. The zero-order chi connectivity index (χ0) is 0. The van der Waals surface area contributed by atoms with Crippen LogP contribution in [0.5, 0.6) is 0 Å². The second-order valence-electron chi connectivity index (χ2n) is 0. The molecule has 0 aliphatic carbocycles. The Morgan fingerprint density at radius 3 is 1.00 bits per heavy atom. The maximum Gasteiger partial charge on any atom is 0 e. The molecule has 0 heterocycles. The Morgan fingerprint density at radius 2 is 1.00 bits per heavy atom. The van der Waals surface area contributed by atoms with E-state index in [0.29, 0.717) is 0 Å². The second-order valence-corrected chi connectivity index (χ2v) is 0. The third-order valence-electron chi connectivity index (χ3n) is 0. The van der Waals surface area contributed by atoms with Gasteiger partial charge in [-0.3, -0.25) is 0 Å². The van der Waals surface area contributed by atoms with Crippen LogP contribution in [0.1, 0.15) is 0 Å². The molecule has 0 nitrogen and oxygen atoms in total. The van der Waals surface area contributed by atoms with Crippen LogP contribution in [0.15, 0.2) is 0 Å². The molecule has 0 aliphatic heterocycles. The van der Waals surface area contributed by atoms with Crippen LogP contribution in [0, 0.1) is 0 Å². The Kier molecular flexibility index (Phi) is 167. The van der Waals surface area contributed by atoms with Crippen LogP contribution in [-0.4, -0.2) is 0 Å². The number of hydrogen-bond acceptors (Lipinski definition) is 0. The molecule has 0 aromatic rings. The largest absolute Gasteiger partial charge is 0 e. The minimum Gasteiger partial charge on any atom is 0 e. The van der Waals surface area contributed by atoms with Crippen LogP contribution in [0.4, 0.5) is 0 Å². The molecule has 2 radical (unpaired) electrons. The van der Waals surface area contributed by atoms with Crippen LogP contribution in [0.2, 0.25) is 0 Å². The van der Waals surface area contributed by atoms with E-state index in [0.717, 1.165) is 0 Å². The van der Waals surface area contributed by atoms with Gasteiger partial charge in [-0.15, -0.1) is 0 Å². The quantitative estimate of drug-likeness (QED) is 0.525. The van der Waals surface area contributed by atoms with Gasteiger partial charge in [0.2, 0.25) is 0 Å². The maximum absolute atomic E-state index is 0. The van der Waals surface area contributed by atoms with E-state index in [4.69, 9.17) is 0 Å². The van der Waals surface area contributed by atoms with Crippen molar-refractivity contribution in [2.45, 2.75) is 0 Å². The summed E-state index contributed by atoms with van der Waals surface area (Å²) < 4.78 is 0. The molecule has 4 heavy (non-hydrogen) atoms. The maximum atomic E-state index is 0. The first kappa shape index (κ1) is 35.0. The van der Waals surface area contributed by atoms with E-state index >= 15 is 0 Å². The first-order valence-corrected chi connectivity index (χ1v) is 0. The van der Waals surface area contributed by atoms with Crippen molar-refractivity contribution in [3.63, 3.8) is 0 Å². The van der Waals surface area contributed by atoms with Gasteiger partial charge in [0.1, 0.15) is 0 Å². The van der Waals surface area contributed by atoms with E-state index in [1.807, 2.05) is 0 Å². The molecule has 0 atom stereocenters. The summed E-state index contributed by atoms with van der Waals surface area (Å²) in [6.07, 6.45) is 0. The number of rotatable bonds is 0. The average molecular weight is 244 g/mol. The molecule has 4 heteroatoms. The Hall–Kier alpha value is 2.17. The summed E-state index contributed by atoms with van der Waals surface area (Å²) in [5.74, 6) is 0. The van der Waals surface area contributed by atoms with Crippen LogP contribution in [0.25, 0.3) is 0 Å². The molecule has 0 N–H and O–H groups in total. The summed E-state index contributed by atoms with van der Waals surface area (Å²) in [7, 11) is 0. The van der Waals surface area contributed by atoms with Crippen molar-refractivity contribution >= 4 is 0 Å². The van der Waals surface area contributed by atoms with Gasteiger partial charge in [-0.2, -0.15) is 0 Å². The molecule has 0 spiro atoms. The summed E-state index contributed by atoms with van der Waals surface area (Å²) in [5, 5.41) is 0. The molecule has 0 fully saturated rings. The SMILES string of the molecule is [Co].[Cu].[Fe].[Zn]. The fourth-order valence-electron chi connectivity index (χ4n) is 0. The van der Waals surface area contributed by atoms with E-state index < -0.39 is 0 Å². The Morgan fingerprint density at radius 1 is 1.00 bits per heavy atom. The zero-order valence-corrected chi connectivity index (χ0v) is 7.75. The summed E-state index contributed by atoms with van der Waals surface area (Å²) in [4.78, 5) is 0. The topological polar surface area (TPSA) is 0 Å². The summed E-state index contributed by atoms with van der Waals surface area (Å²) in [6.45, 7) is 0. The van der Waals surface area contributed by atoms with Crippen molar-refractivity contribution in [3.8, 4) is 0 Å². The molecular formula is CoCuFeZn. The first-order chi connectivity index (χ1) is 0. The predicted molar refractivity (Wildman–Crippen MR) is 0 cm³/mol. The fraction of sp³-hybridized carbons (Fsp3) is 0. The summed E-state index contributed by atoms with van der Waals surface area (Å²) >= 11 is 0. The van der Waals surface area contributed by atoms with Crippen molar-refractivity contribution in [2.24, 2.45) is 0 Å². The van der Waals surface area contributed by atoms with Crippen molar-refractivity contribution in [2.75, 3.05) is 0 Å². The minimum absolute atomic E-state index is 0. The van der Waals surface area contributed by atoms with Crippen LogP contribution >= 0.6 is 0 Å². The fourth-order valence-corrected chi connectivity index (χ4v) is 0. The molecule has 0 rings (SSSR count). The van der Waals surface area contributed by atoms with Gasteiger partial charge in [0.25, 0.3) is 0 Å². The van der Waals surface area contributed by atoms with Crippen LogP contribution in [-0.2, 0) is 70.4 Å². The van der Waals surface area contributed by atoms with Gasteiger partial charge in [0, 0.05) is 70.4 Å². The molecule has 0 amide bonds. The van der Waals surface area contributed by atoms with Crippen molar-refractivity contribution < 1.29 is 70.4 Å². The van der Waals surface area contributed by atoms with Crippen molar-refractivity contribution in [1.29, 1.82) is 0 Å². The number of hydrogen-bond donors (Lipinski definition) is 0.